The minimum atomic E-state index is -5.41. The summed E-state index contributed by atoms with van der Waals surface area (Å²) in [5.41, 5.74) is -4.58. The lowest BCUT2D eigenvalue weighted by Gasteiger charge is -2.17. The van der Waals surface area contributed by atoms with Crippen molar-refractivity contribution in [3.63, 3.8) is 0 Å². The molecule has 1 aromatic carbocycles. The molecule has 2 N–H and O–H groups in total. The number of hydrogen-bond donors (Lipinski definition) is 2. The van der Waals surface area contributed by atoms with E-state index in [1.807, 2.05) is 0 Å². The fourth-order valence-corrected chi connectivity index (χ4v) is 1.15. The average Bonchev–Trinajstić information content (AvgIpc) is 2.04. The van der Waals surface area contributed by atoms with Crippen LogP contribution in [0.2, 0.25) is 0 Å². The van der Waals surface area contributed by atoms with Gasteiger partial charge in [-0.1, -0.05) is 0 Å². The van der Waals surface area contributed by atoms with Gasteiger partial charge in [-0.25, -0.2) is 0 Å². The summed E-state index contributed by atoms with van der Waals surface area (Å²) in [6, 6.07) is 0.681. The Hall–Kier alpha value is -1.60. The fourth-order valence-electron chi connectivity index (χ4n) is 1.15. The molecule has 8 heteroatoms. The van der Waals surface area contributed by atoms with Gasteiger partial charge in [-0.15, -0.1) is 0 Å². The van der Waals surface area contributed by atoms with E-state index in [0.717, 1.165) is 0 Å². The van der Waals surface area contributed by atoms with Gasteiger partial charge in [0, 0.05) is 0 Å². The first kappa shape index (κ1) is 12.5. The fraction of sp³-hybridized carbons (Fsp3) is 0.250. The van der Waals surface area contributed by atoms with Gasteiger partial charge in [0.05, 0.1) is 0 Å². The van der Waals surface area contributed by atoms with Crippen molar-refractivity contribution in [2.24, 2.45) is 0 Å². The summed E-state index contributed by atoms with van der Waals surface area (Å²) in [7, 11) is 0. The van der Waals surface area contributed by atoms with Gasteiger partial charge in [0.25, 0.3) is 0 Å². The zero-order valence-corrected chi connectivity index (χ0v) is 7.32. The van der Waals surface area contributed by atoms with Crippen LogP contribution in [-0.4, -0.2) is 10.2 Å². The zero-order chi connectivity index (χ0) is 12.7. The molecule has 0 amide bonds. The lowest BCUT2D eigenvalue weighted by Crippen LogP contribution is -2.16. The molecule has 0 saturated carbocycles. The lowest BCUT2D eigenvalue weighted by atomic mass is 10.0. The summed E-state index contributed by atoms with van der Waals surface area (Å²) in [5, 5.41) is 17.6. The van der Waals surface area contributed by atoms with Crippen LogP contribution in [0.1, 0.15) is 11.1 Å². The van der Waals surface area contributed by atoms with Crippen LogP contribution in [0.5, 0.6) is 11.5 Å². The minimum absolute atomic E-state index is 0.341. The molecule has 0 atom stereocenters. The molecule has 0 aromatic heterocycles. The van der Waals surface area contributed by atoms with Crippen LogP contribution < -0.4 is 0 Å². The standard InChI is InChI=1S/C8H4F6O2/c9-7(10,11)5-3(15)1-2-4(16)6(5)8(12,13)14/h1-2,15-16H. The molecule has 0 fully saturated rings. The maximum Gasteiger partial charge on any atom is 0.420 e. The summed E-state index contributed by atoms with van der Waals surface area (Å²) in [6.07, 6.45) is -10.8. The first-order valence-corrected chi connectivity index (χ1v) is 3.74. The molecule has 1 rings (SSSR count). The van der Waals surface area contributed by atoms with Gasteiger partial charge < -0.3 is 10.2 Å². The van der Waals surface area contributed by atoms with E-state index in [1.165, 1.54) is 0 Å². The van der Waals surface area contributed by atoms with Crippen LogP contribution >= 0.6 is 0 Å². The number of rotatable bonds is 0. The quantitative estimate of drug-likeness (QED) is 0.545. The molecule has 1 aromatic rings. The molecule has 0 saturated heterocycles. The molecule has 0 bridgehead atoms. The van der Waals surface area contributed by atoms with Crippen LogP contribution in [0.4, 0.5) is 26.3 Å². The summed E-state index contributed by atoms with van der Waals surface area (Å²) in [6.45, 7) is 0. The van der Waals surface area contributed by atoms with E-state index < -0.39 is 35.0 Å². The van der Waals surface area contributed by atoms with Crippen LogP contribution in [0, 0.1) is 0 Å². The third-order valence-corrected chi connectivity index (χ3v) is 1.73. The molecule has 0 aliphatic rings. The number of phenolic OH excluding ortho intramolecular Hbond substituents is 2. The van der Waals surface area contributed by atoms with Gasteiger partial charge in [0.1, 0.15) is 22.6 Å². The minimum Gasteiger partial charge on any atom is -0.507 e. The van der Waals surface area contributed by atoms with E-state index >= 15 is 0 Å². The summed E-state index contributed by atoms with van der Waals surface area (Å²) in [5.74, 6) is -3.17. The monoisotopic (exact) mass is 246 g/mol. The Labute approximate surface area is 84.7 Å². The Bertz CT molecular complexity index is 367. The first-order chi connectivity index (χ1) is 7.05. The van der Waals surface area contributed by atoms with Crippen molar-refractivity contribution < 1.29 is 36.6 Å². The second-order valence-corrected chi connectivity index (χ2v) is 2.85. The van der Waals surface area contributed by atoms with Crippen LogP contribution in [0.25, 0.3) is 0 Å². The van der Waals surface area contributed by atoms with Crippen molar-refractivity contribution in [2.75, 3.05) is 0 Å². The summed E-state index contributed by atoms with van der Waals surface area (Å²) < 4.78 is 73.5. The second kappa shape index (κ2) is 3.46. The molecule has 16 heavy (non-hydrogen) atoms. The highest BCUT2D eigenvalue weighted by Crippen LogP contribution is 2.48. The van der Waals surface area contributed by atoms with Crippen molar-refractivity contribution in [3.05, 3.63) is 23.3 Å². The number of benzene rings is 1. The third kappa shape index (κ3) is 2.15. The van der Waals surface area contributed by atoms with Crippen LogP contribution in [0.15, 0.2) is 12.1 Å². The number of hydrogen-bond acceptors (Lipinski definition) is 2. The maximum atomic E-state index is 12.2. The highest BCUT2D eigenvalue weighted by atomic mass is 19.4. The van der Waals surface area contributed by atoms with Gasteiger partial charge in [-0.3, -0.25) is 0 Å². The summed E-state index contributed by atoms with van der Waals surface area (Å²) >= 11 is 0. The molecule has 2 nitrogen and oxygen atoms in total. The van der Waals surface area contributed by atoms with Gasteiger partial charge in [0.2, 0.25) is 0 Å². The Morgan fingerprint density at radius 3 is 1.12 bits per heavy atom. The molecule has 0 unspecified atom stereocenters. The molecular formula is C8H4F6O2. The normalized spacial score (nSPS) is 12.9. The topological polar surface area (TPSA) is 40.5 Å². The SMILES string of the molecule is Oc1ccc(O)c(C(F)(F)F)c1C(F)(F)F. The largest absolute Gasteiger partial charge is 0.507 e. The van der Waals surface area contributed by atoms with Crippen molar-refractivity contribution in [1.29, 1.82) is 0 Å². The number of alkyl halides is 6. The third-order valence-electron chi connectivity index (χ3n) is 1.73. The maximum absolute atomic E-state index is 12.2. The van der Waals surface area contributed by atoms with Crippen LogP contribution in [0.3, 0.4) is 0 Å². The zero-order valence-electron chi connectivity index (χ0n) is 7.32. The molecule has 0 spiro atoms. The van der Waals surface area contributed by atoms with Crippen LogP contribution in [-0.2, 0) is 12.4 Å². The predicted octanol–water partition coefficient (Wildman–Crippen LogP) is 3.14. The van der Waals surface area contributed by atoms with Gasteiger partial charge in [-0.05, 0) is 12.1 Å². The number of aromatic hydroxyl groups is 2. The number of phenols is 2. The van der Waals surface area contributed by atoms with Gasteiger partial charge in [-0.2, -0.15) is 26.3 Å². The highest BCUT2D eigenvalue weighted by molar-refractivity contribution is 5.50. The molecule has 0 radical (unpaired) electrons. The Morgan fingerprint density at radius 1 is 0.688 bits per heavy atom. The van der Waals surface area contributed by atoms with E-state index in [-0.39, 0.29) is 0 Å². The lowest BCUT2D eigenvalue weighted by molar-refractivity contribution is -0.163. The highest BCUT2D eigenvalue weighted by Gasteiger charge is 2.47. The predicted molar refractivity (Wildman–Crippen MR) is 39.8 cm³/mol. The van der Waals surface area contributed by atoms with E-state index in [9.17, 15) is 26.3 Å². The van der Waals surface area contributed by atoms with Crippen molar-refractivity contribution in [1.82, 2.24) is 0 Å². The van der Waals surface area contributed by atoms with E-state index in [2.05, 4.69) is 0 Å². The number of halogens is 6. The molecule has 0 aliphatic carbocycles. The molecule has 0 aliphatic heterocycles. The smallest absolute Gasteiger partial charge is 0.420 e. The van der Waals surface area contributed by atoms with Crippen molar-refractivity contribution >= 4 is 0 Å². The first-order valence-electron chi connectivity index (χ1n) is 3.74. The second-order valence-electron chi connectivity index (χ2n) is 2.85. The van der Waals surface area contributed by atoms with Gasteiger partial charge in [0.15, 0.2) is 0 Å². The molecular weight excluding hydrogens is 242 g/mol. The van der Waals surface area contributed by atoms with Crippen molar-refractivity contribution in [2.45, 2.75) is 12.4 Å². The average molecular weight is 246 g/mol. The molecule has 90 valence electrons. The van der Waals surface area contributed by atoms with E-state index in [0.29, 0.717) is 12.1 Å². The molecule has 0 heterocycles. The van der Waals surface area contributed by atoms with Crippen molar-refractivity contribution in [3.8, 4) is 11.5 Å². The summed E-state index contributed by atoms with van der Waals surface area (Å²) in [4.78, 5) is 0. The Kier molecular flexibility index (Phi) is 2.70. The van der Waals surface area contributed by atoms with Gasteiger partial charge >= 0.3 is 12.4 Å². The van der Waals surface area contributed by atoms with E-state index in [1.54, 1.807) is 0 Å². The Balaban J connectivity index is 3.64. The van der Waals surface area contributed by atoms with E-state index in [4.69, 9.17) is 10.2 Å². The Morgan fingerprint density at radius 2 is 0.938 bits per heavy atom.